The van der Waals surface area contributed by atoms with Gasteiger partial charge in [0.15, 0.2) is 11.6 Å². The van der Waals surface area contributed by atoms with Crippen LogP contribution in [0.3, 0.4) is 0 Å². The Balaban J connectivity index is 1.75. The van der Waals surface area contributed by atoms with E-state index in [1.54, 1.807) is 23.1 Å². The highest BCUT2D eigenvalue weighted by Crippen LogP contribution is 2.20. The molecule has 1 atom stereocenters. The van der Waals surface area contributed by atoms with E-state index in [4.69, 9.17) is 4.74 Å². The van der Waals surface area contributed by atoms with Gasteiger partial charge in [-0.3, -0.25) is 4.79 Å². The lowest BCUT2D eigenvalue weighted by Crippen LogP contribution is -2.41. The molecular weight excluding hydrogens is 295 g/mol. The van der Waals surface area contributed by atoms with Gasteiger partial charge in [0.2, 0.25) is 5.91 Å². The second-order valence-corrected chi connectivity index (χ2v) is 6.11. The zero-order valence-corrected chi connectivity index (χ0v) is 13.5. The molecule has 2 rings (SSSR count). The lowest BCUT2D eigenvalue weighted by molar-refractivity contribution is -0.135. The third-order valence-corrected chi connectivity index (χ3v) is 4.28. The average molecular weight is 318 g/mol. The Hall–Kier alpha value is -2.09. The van der Waals surface area contributed by atoms with Crippen molar-refractivity contribution in [2.75, 3.05) is 19.7 Å². The van der Waals surface area contributed by atoms with Crippen molar-refractivity contribution < 1.29 is 13.9 Å². The van der Waals surface area contributed by atoms with E-state index in [-0.39, 0.29) is 11.7 Å². The Kier molecular flexibility index (Phi) is 6.40. The van der Waals surface area contributed by atoms with Crippen LogP contribution in [0.4, 0.5) is 4.39 Å². The summed E-state index contributed by atoms with van der Waals surface area (Å²) in [6.45, 7) is 3.96. The molecule has 1 fully saturated rings. The largest absolute Gasteiger partial charge is 0.491 e. The van der Waals surface area contributed by atoms with Gasteiger partial charge in [-0.05, 0) is 43.7 Å². The number of halogens is 1. The molecule has 1 unspecified atom stereocenters. The highest BCUT2D eigenvalue weighted by molar-refractivity contribution is 5.81. The number of piperidine rings is 1. The zero-order valence-electron chi connectivity index (χ0n) is 13.5. The number of nitriles is 1. The van der Waals surface area contributed by atoms with E-state index in [2.05, 4.69) is 13.0 Å². The SMILES string of the molecule is CC1CCN(C(=O)C(C#N)CCCOc2ccccc2F)CC1. The Bertz CT molecular complexity index is 562. The van der Waals surface area contributed by atoms with Gasteiger partial charge in [0.25, 0.3) is 0 Å². The molecule has 5 heteroatoms. The van der Waals surface area contributed by atoms with Gasteiger partial charge in [0, 0.05) is 13.1 Å². The van der Waals surface area contributed by atoms with Crippen LogP contribution in [0.5, 0.6) is 5.75 Å². The number of nitrogens with zero attached hydrogens (tertiary/aromatic N) is 2. The Morgan fingerprint density at radius 1 is 1.43 bits per heavy atom. The Labute approximate surface area is 136 Å². The average Bonchev–Trinajstić information content (AvgIpc) is 2.56. The van der Waals surface area contributed by atoms with Crippen LogP contribution in [-0.4, -0.2) is 30.5 Å². The van der Waals surface area contributed by atoms with Crippen LogP contribution in [0.25, 0.3) is 0 Å². The predicted octanol–water partition coefficient (Wildman–Crippen LogP) is 3.38. The number of benzene rings is 1. The van der Waals surface area contributed by atoms with Crippen molar-refractivity contribution in [3.63, 3.8) is 0 Å². The minimum atomic E-state index is -0.632. The summed E-state index contributed by atoms with van der Waals surface area (Å²) >= 11 is 0. The first-order valence-electron chi connectivity index (χ1n) is 8.17. The summed E-state index contributed by atoms with van der Waals surface area (Å²) in [4.78, 5) is 14.2. The standard InChI is InChI=1S/C18H23FN2O2/c1-14-8-10-21(11-9-14)18(22)15(13-20)5-4-12-23-17-7-3-2-6-16(17)19/h2-3,6-7,14-15H,4-5,8-12H2,1H3. The number of carbonyl (C=O) groups is 1. The molecule has 1 aromatic carbocycles. The number of carbonyl (C=O) groups excluding carboxylic acids is 1. The van der Waals surface area contributed by atoms with E-state index in [9.17, 15) is 14.4 Å². The van der Waals surface area contributed by atoms with Crippen molar-refractivity contribution in [3.05, 3.63) is 30.1 Å². The molecule has 1 aromatic rings. The van der Waals surface area contributed by atoms with E-state index in [1.165, 1.54) is 6.07 Å². The number of para-hydroxylation sites is 1. The molecule has 23 heavy (non-hydrogen) atoms. The van der Waals surface area contributed by atoms with Crippen LogP contribution >= 0.6 is 0 Å². The lowest BCUT2D eigenvalue weighted by atomic mass is 9.96. The van der Waals surface area contributed by atoms with Gasteiger partial charge in [-0.25, -0.2) is 4.39 Å². The van der Waals surface area contributed by atoms with Gasteiger partial charge in [-0.2, -0.15) is 5.26 Å². The molecule has 1 heterocycles. The second kappa shape index (κ2) is 8.52. The number of rotatable bonds is 6. The summed E-state index contributed by atoms with van der Waals surface area (Å²) in [6.07, 6.45) is 2.99. The quantitative estimate of drug-likeness (QED) is 0.756. The fourth-order valence-corrected chi connectivity index (χ4v) is 2.72. The van der Waals surface area contributed by atoms with Crippen LogP contribution in [0.2, 0.25) is 0 Å². The van der Waals surface area contributed by atoms with Crippen molar-refractivity contribution in [2.24, 2.45) is 11.8 Å². The summed E-state index contributed by atoms with van der Waals surface area (Å²) in [5.74, 6) is -0.258. The van der Waals surface area contributed by atoms with Gasteiger partial charge >= 0.3 is 0 Å². The third-order valence-electron chi connectivity index (χ3n) is 4.28. The van der Waals surface area contributed by atoms with Gasteiger partial charge in [-0.1, -0.05) is 19.1 Å². The maximum Gasteiger partial charge on any atom is 0.239 e. The van der Waals surface area contributed by atoms with Crippen molar-refractivity contribution in [2.45, 2.75) is 32.6 Å². The number of amides is 1. The van der Waals surface area contributed by atoms with E-state index in [0.717, 1.165) is 25.9 Å². The molecule has 1 saturated heterocycles. The molecule has 0 aromatic heterocycles. The van der Waals surface area contributed by atoms with Crippen LogP contribution in [0.1, 0.15) is 32.6 Å². The van der Waals surface area contributed by atoms with E-state index in [1.807, 2.05) is 0 Å². The Morgan fingerprint density at radius 3 is 2.78 bits per heavy atom. The normalized spacial score (nSPS) is 16.7. The van der Waals surface area contributed by atoms with Crippen molar-refractivity contribution >= 4 is 5.91 Å². The highest BCUT2D eigenvalue weighted by atomic mass is 19.1. The minimum absolute atomic E-state index is 0.0784. The fourth-order valence-electron chi connectivity index (χ4n) is 2.72. The topological polar surface area (TPSA) is 53.3 Å². The van der Waals surface area contributed by atoms with Crippen LogP contribution in [0.15, 0.2) is 24.3 Å². The summed E-state index contributed by atoms with van der Waals surface area (Å²) in [7, 11) is 0. The zero-order chi connectivity index (χ0) is 16.7. The monoisotopic (exact) mass is 318 g/mol. The fraction of sp³-hybridized carbons (Fsp3) is 0.556. The molecule has 0 aliphatic carbocycles. The molecule has 0 N–H and O–H groups in total. The van der Waals surface area contributed by atoms with E-state index >= 15 is 0 Å². The molecule has 0 radical (unpaired) electrons. The maximum absolute atomic E-state index is 13.4. The van der Waals surface area contributed by atoms with Gasteiger partial charge < -0.3 is 9.64 Å². The van der Waals surface area contributed by atoms with Crippen LogP contribution in [0, 0.1) is 29.0 Å². The number of hydrogen-bond acceptors (Lipinski definition) is 3. The van der Waals surface area contributed by atoms with Gasteiger partial charge in [-0.15, -0.1) is 0 Å². The first-order chi connectivity index (χ1) is 11.1. The lowest BCUT2D eigenvalue weighted by Gasteiger charge is -2.31. The minimum Gasteiger partial charge on any atom is -0.491 e. The Morgan fingerprint density at radius 2 is 2.13 bits per heavy atom. The summed E-state index contributed by atoms with van der Waals surface area (Å²) in [6, 6.07) is 8.32. The summed E-state index contributed by atoms with van der Waals surface area (Å²) in [5, 5.41) is 9.24. The molecule has 0 spiro atoms. The van der Waals surface area contributed by atoms with E-state index in [0.29, 0.717) is 25.4 Å². The van der Waals surface area contributed by atoms with Crippen molar-refractivity contribution in [3.8, 4) is 11.8 Å². The number of likely N-dealkylation sites (tertiary alicyclic amines) is 1. The number of hydrogen-bond donors (Lipinski definition) is 0. The molecular formula is C18H23FN2O2. The molecule has 1 amide bonds. The predicted molar refractivity (Wildman–Crippen MR) is 85.2 cm³/mol. The smallest absolute Gasteiger partial charge is 0.239 e. The first kappa shape index (κ1) is 17.3. The number of ether oxygens (including phenoxy) is 1. The molecule has 0 saturated carbocycles. The molecule has 0 bridgehead atoms. The van der Waals surface area contributed by atoms with E-state index < -0.39 is 11.7 Å². The summed E-state index contributed by atoms with van der Waals surface area (Å²) < 4.78 is 18.8. The van der Waals surface area contributed by atoms with Crippen molar-refractivity contribution in [1.82, 2.24) is 4.90 Å². The maximum atomic E-state index is 13.4. The molecule has 124 valence electrons. The highest BCUT2D eigenvalue weighted by Gasteiger charge is 2.26. The second-order valence-electron chi connectivity index (χ2n) is 6.11. The summed E-state index contributed by atoms with van der Waals surface area (Å²) in [5.41, 5.74) is 0. The molecule has 1 aliphatic heterocycles. The van der Waals surface area contributed by atoms with Crippen LogP contribution in [-0.2, 0) is 4.79 Å². The van der Waals surface area contributed by atoms with Crippen LogP contribution < -0.4 is 4.74 Å². The van der Waals surface area contributed by atoms with Gasteiger partial charge in [0.1, 0.15) is 5.92 Å². The molecule has 4 nitrogen and oxygen atoms in total. The third kappa shape index (κ3) is 4.95. The van der Waals surface area contributed by atoms with Crippen molar-refractivity contribution in [1.29, 1.82) is 5.26 Å². The first-order valence-corrected chi connectivity index (χ1v) is 8.17. The molecule has 1 aliphatic rings. The van der Waals surface area contributed by atoms with Gasteiger partial charge in [0.05, 0.1) is 12.7 Å².